The molecule has 1 aromatic heterocycles. The lowest BCUT2D eigenvalue weighted by Gasteiger charge is -2.29. The number of nitrogens with one attached hydrogen (secondary N) is 1. The molecule has 0 amide bonds. The number of benzene rings is 2. The molecular weight excluding hydrogens is 336 g/mol. The lowest BCUT2D eigenvalue weighted by molar-refractivity contribution is 0.588. The summed E-state index contributed by atoms with van der Waals surface area (Å²) in [7, 11) is -3.68. The molecular formula is C18H20N4O2S. The van der Waals surface area contributed by atoms with Gasteiger partial charge in [0.15, 0.2) is 0 Å². The Hall–Kier alpha value is -2.38. The average Bonchev–Trinajstić information content (AvgIpc) is 3.07. The Labute approximate surface area is 147 Å². The van der Waals surface area contributed by atoms with E-state index in [2.05, 4.69) is 15.2 Å². The van der Waals surface area contributed by atoms with Crippen molar-refractivity contribution in [2.24, 2.45) is 0 Å². The number of imidazole rings is 1. The zero-order valence-electron chi connectivity index (χ0n) is 14.0. The average molecular weight is 356 g/mol. The second kappa shape index (κ2) is 6.16. The minimum atomic E-state index is -3.68. The molecule has 0 unspecified atom stereocenters. The van der Waals surface area contributed by atoms with Gasteiger partial charge in [-0.2, -0.15) is 0 Å². The highest BCUT2D eigenvalue weighted by Crippen LogP contribution is 2.29. The van der Waals surface area contributed by atoms with Gasteiger partial charge in [-0.25, -0.2) is 17.4 Å². The van der Waals surface area contributed by atoms with Gasteiger partial charge in [0.1, 0.15) is 11.8 Å². The fourth-order valence-electron chi connectivity index (χ4n) is 3.31. The van der Waals surface area contributed by atoms with Gasteiger partial charge in [-0.1, -0.05) is 24.3 Å². The molecule has 1 fully saturated rings. The summed E-state index contributed by atoms with van der Waals surface area (Å²) >= 11 is 0. The van der Waals surface area contributed by atoms with E-state index in [0.717, 1.165) is 42.9 Å². The molecule has 0 spiro atoms. The maximum Gasteiger partial charge on any atom is 0.269 e. The van der Waals surface area contributed by atoms with Crippen molar-refractivity contribution in [3.63, 3.8) is 0 Å². The molecule has 2 aromatic carbocycles. The number of hydrogen-bond acceptors (Lipinski definition) is 5. The van der Waals surface area contributed by atoms with E-state index < -0.39 is 10.0 Å². The topological polar surface area (TPSA) is 67.2 Å². The minimum absolute atomic E-state index is 0.307. The highest BCUT2D eigenvalue weighted by molar-refractivity contribution is 7.90. The SMILES string of the molecule is Cc1ccccc1S(=O)(=O)n1cnc2c(N3CCNCC3)cccc21. The molecule has 0 radical (unpaired) electrons. The van der Waals surface area contributed by atoms with Crippen molar-refractivity contribution in [2.75, 3.05) is 31.1 Å². The molecule has 130 valence electrons. The molecule has 0 bridgehead atoms. The van der Waals surface area contributed by atoms with E-state index in [4.69, 9.17) is 0 Å². The van der Waals surface area contributed by atoms with Crippen LogP contribution in [0.1, 0.15) is 5.56 Å². The van der Waals surface area contributed by atoms with Crippen LogP contribution in [-0.2, 0) is 10.0 Å². The molecule has 4 rings (SSSR count). The molecule has 0 atom stereocenters. The molecule has 1 aliphatic heterocycles. The fraction of sp³-hybridized carbons (Fsp3) is 0.278. The normalized spacial score (nSPS) is 15.6. The molecule has 7 heteroatoms. The van der Waals surface area contributed by atoms with E-state index in [1.165, 1.54) is 10.3 Å². The van der Waals surface area contributed by atoms with Crippen LogP contribution in [0.2, 0.25) is 0 Å². The van der Waals surface area contributed by atoms with Crippen LogP contribution < -0.4 is 10.2 Å². The summed E-state index contributed by atoms with van der Waals surface area (Å²) in [6.07, 6.45) is 1.41. The largest absolute Gasteiger partial charge is 0.367 e. The number of hydrogen-bond donors (Lipinski definition) is 1. The predicted octanol–water partition coefficient (Wildman–Crippen LogP) is 1.99. The minimum Gasteiger partial charge on any atom is -0.367 e. The van der Waals surface area contributed by atoms with Crippen molar-refractivity contribution < 1.29 is 8.42 Å². The quantitative estimate of drug-likeness (QED) is 0.777. The van der Waals surface area contributed by atoms with E-state index >= 15 is 0 Å². The fourth-order valence-corrected chi connectivity index (χ4v) is 4.82. The zero-order chi connectivity index (χ0) is 17.4. The number of piperazine rings is 1. The summed E-state index contributed by atoms with van der Waals surface area (Å²) in [5, 5.41) is 3.33. The first-order valence-electron chi connectivity index (χ1n) is 8.32. The van der Waals surface area contributed by atoms with Crippen molar-refractivity contribution in [1.29, 1.82) is 0 Å². The van der Waals surface area contributed by atoms with Gasteiger partial charge in [0.2, 0.25) is 0 Å². The third kappa shape index (κ3) is 2.69. The van der Waals surface area contributed by atoms with Gasteiger partial charge < -0.3 is 10.2 Å². The monoisotopic (exact) mass is 356 g/mol. The van der Waals surface area contributed by atoms with Crippen LogP contribution in [-0.4, -0.2) is 43.6 Å². The van der Waals surface area contributed by atoms with Gasteiger partial charge in [-0.05, 0) is 30.7 Å². The molecule has 0 aliphatic carbocycles. The van der Waals surface area contributed by atoms with Crippen LogP contribution in [0.15, 0.2) is 53.7 Å². The van der Waals surface area contributed by atoms with Gasteiger partial charge in [0.05, 0.1) is 16.1 Å². The van der Waals surface area contributed by atoms with Crippen LogP contribution in [0.5, 0.6) is 0 Å². The summed E-state index contributed by atoms with van der Waals surface area (Å²) in [6.45, 7) is 5.41. The Morgan fingerprint density at radius 3 is 2.56 bits per heavy atom. The molecule has 0 saturated carbocycles. The van der Waals surface area contributed by atoms with Crippen LogP contribution in [0.4, 0.5) is 5.69 Å². The molecule has 1 aliphatic rings. The lowest BCUT2D eigenvalue weighted by atomic mass is 10.2. The van der Waals surface area contributed by atoms with Crippen molar-refractivity contribution in [3.8, 4) is 0 Å². The smallest absolute Gasteiger partial charge is 0.269 e. The Morgan fingerprint density at radius 2 is 1.80 bits per heavy atom. The molecule has 25 heavy (non-hydrogen) atoms. The Bertz CT molecular complexity index is 1020. The maximum absolute atomic E-state index is 13.1. The Kier molecular flexibility index (Phi) is 3.97. The van der Waals surface area contributed by atoms with E-state index in [1.807, 2.05) is 24.3 Å². The summed E-state index contributed by atoms with van der Waals surface area (Å²) in [6, 6.07) is 12.7. The zero-order valence-corrected chi connectivity index (χ0v) is 14.8. The van der Waals surface area contributed by atoms with E-state index in [-0.39, 0.29) is 0 Å². The third-order valence-corrected chi connectivity index (χ3v) is 6.43. The van der Waals surface area contributed by atoms with Gasteiger partial charge in [-0.15, -0.1) is 0 Å². The van der Waals surface area contributed by atoms with Crippen LogP contribution in [0.3, 0.4) is 0 Å². The Morgan fingerprint density at radius 1 is 1.04 bits per heavy atom. The van der Waals surface area contributed by atoms with Crippen molar-refractivity contribution in [1.82, 2.24) is 14.3 Å². The number of rotatable bonds is 3. The lowest BCUT2D eigenvalue weighted by Crippen LogP contribution is -2.43. The highest BCUT2D eigenvalue weighted by atomic mass is 32.2. The van der Waals surface area contributed by atoms with Gasteiger partial charge in [0, 0.05) is 26.2 Å². The summed E-state index contributed by atoms with van der Waals surface area (Å²) in [4.78, 5) is 6.99. The maximum atomic E-state index is 13.1. The predicted molar refractivity (Wildman–Crippen MR) is 98.6 cm³/mol. The Balaban J connectivity index is 1.86. The summed E-state index contributed by atoms with van der Waals surface area (Å²) in [5.74, 6) is 0. The number of anilines is 1. The first-order chi connectivity index (χ1) is 12.1. The van der Waals surface area contributed by atoms with Crippen LogP contribution in [0.25, 0.3) is 11.0 Å². The van der Waals surface area contributed by atoms with Gasteiger partial charge >= 0.3 is 0 Å². The van der Waals surface area contributed by atoms with Gasteiger partial charge in [-0.3, -0.25) is 0 Å². The highest BCUT2D eigenvalue weighted by Gasteiger charge is 2.23. The summed E-state index contributed by atoms with van der Waals surface area (Å²) < 4.78 is 27.5. The van der Waals surface area contributed by atoms with Crippen molar-refractivity contribution in [2.45, 2.75) is 11.8 Å². The standard InChI is InChI=1S/C18H20N4O2S/c1-14-5-2-3-8-17(14)25(23,24)22-13-20-18-15(6-4-7-16(18)22)21-11-9-19-10-12-21/h2-8,13,19H,9-12H2,1H3. The number of nitrogens with zero attached hydrogens (tertiary/aromatic N) is 3. The second-order valence-corrected chi connectivity index (χ2v) is 7.98. The number of fused-ring (bicyclic) bond motifs is 1. The van der Waals surface area contributed by atoms with Gasteiger partial charge in [0.25, 0.3) is 10.0 Å². The number of para-hydroxylation sites is 1. The van der Waals surface area contributed by atoms with Crippen molar-refractivity contribution in [3.05, 3.63) is 54.4 Å². The van der Waals surface area contributed by atoms with Crippen LogP contribution >= 0.6 is 0 Å². The van der Waals surface area contributed by atoms with Crippen molar-refractivity contribution >= 4 is 26.7 Å². The summed E-state index contributed by atoms with van der Waals surface area (Å²) in [5.41, 5.74) is 3.04. The van der Waals surface area contributed by atoms with E-state index in [1.54, 1.807) is 25.1 Å². The first kappa shape index (κ1) is 16.1. The molecule has 6 nitrogen and oxygen atoms in total. The van der Waals surface area contributed by atoms with Crippen LogP contribution in [0, 0.1) is 6.92 Å². The van der Waals surface area contributed by atoms with E-state index in [0.29, 0.717) is 10.4 Å². The van der Waals surface area contributed by atoms with E-state index in [9.17, 15) is 8.42 Å². The first-order valence-corrected chi connectivity index (χ1v) is 9.76. The molecule has 1 N–H and O–H groups in total. The number of aromatic nitrogens is 2. The molecule has 3 aromatic rings. The number of aryl methyl sites for hydroxylation is 1. The second-order valence-electron chi connectivity index (χ2n) is 6.19. The molecule has 2 heterocycles. The molecule has 1 saturated heterocycles. The third-order valence-electron chi connectivity index (χ3n) is 4.61.